The summed E-state index contributed by atoms with van der Waals surface area (Å²) in [5, 5.41) is 6.77. The fraction of sp³-hybridized carbons (Fsp3) is 0.333. The van der Waals surface area contributed by atoms with Crippen LogP contribution in [-0.4, -0.2) is 29.1 Å². The second kappa shape index (κ2) is 6.27. The van der Waals surface area contributed by atoms with Crippen LogP contribution in [0.25, 0.3) is 0 Å². The molecule has 1 aromatic heterocycles. The molecule has 2 rings (SSSR count). The van der Waals surface area contributed by atoms with Crippen molar-refractivity contribution in [1.82, 2.24) is 14.9 Å². The Morgan fingerprint density at radius 1 is 1.40 bits per heavy atom. The second-order valence-corrected chi connectivity index (χ2v) is 5.25. The first kappa shape index (κ1) is 14.9. The Hall–Kier alpha value is -1.54. The number of hydrogen-bond donors (Lipinski definition) is 2. The van der Waals surface area contributed by atoms with E-state index in [1.165, 1.54) is 0 Å². The molecule has 0 aliphatic heterocycles. The SMILES string of the molecule is COc1ccc(Br)c(CNn2c(C)n[nH]c2=S)c1OC. The molecule has 20 heavy (non-hydrogen) atoms. The van der Waals surface area contributed by atoms with Gasteiger partial charge in [0.05, 0.1) is 20.8 Å². The van der Waals surface area contributed by atoms with Crippen molar-refractivity contribution in [2.75, 3.05) is 19.6 Å². The zero-order valence-corrected chi connectivity index (χ0v) is 13.8. The molecule has 2 N–H and O–H groups in total. The minimum atomic E-state index is 0.510. The zero-order valence-electron chi connectivity index (χ0n) is 11.4. The molecule has 0 radical (unpaired) electrons. The van der Waals surface area contributed by atoms with Crippen molar-refractivity contribution in [2.45, 2.75) is 13.5 Å². The highest BCUT2D eigenvalue weighted by Crippen LogP contribution is 2.35. The molecular formula is C12H15BrN4O2S. The van der Waals surface area contributed by atoms with Crippen LogP contribution in [0.1, 0.15) is 11.4 Å². The number of halogens is 1. The van der Waals surface area contributed by atoms with Gasteiger partial charge < -0.3 is 14.9 Å². The van der Waals surface area contributed by atoms with Crippen molar-refractivity contribution in [3.8, 4) is 11.5 Å². The van der Waals surface area contributed by atoms with Crippen LogP contribution >= 0.6 is 28.1 Å². The summed E-state index contributed by atoms with van der Waals surface area (Å²) in [5.41, 5.74) is 4.14. The zero-order chi connectivity index (χ0) is 14.7. The van der Waals surface area contributed by atoms with Gasteiger partial charge in [-0.25, -0.2) is 4.68 Å². The first-order valence-electron chi connectivity index (χ1n) is 5.85. The van der Waals surface area contributed by atoms with E-state index in [1.54, 1.807) is 18.9 Å². The Kier molecular flexibility index (Phi) is 4.66. The van der Waals surface area contributed by atoms with Crippen LogP contribution in [-0.2, 0) is 6.54 Å². The lowest BCUT2D eigenvalue weighted by Gasteiger charge is -2.16. The van der Waals surface area contributed by atoms with Gasteiger partial charge in [-0.3, -0.25) is 5.10 Å². The molecule has 0 atom stereocenters. The second-order valence-electron chi connectivity index (χ2n) is 4.01. The molecule has 0 unspecified atom stereocenters. The standard InChI is InChI=1S/C12H15BrN4O2S/c1-7-15-16-12(20)17(7)14-6-8-9(13)4-5-10(18-2)11(8)19-3/h4-5,14H,6H2,1-3H3,(H,16,20). The fourth-order valence-electron chi connectivity index (χ4n) is 1.85. The maximum absolute atomic E-state index is 5.42. The third-order valence-corrected chi connectivity index (χ3v) is 3.86. The highest BCUT2D eigenvalue weighted by molar-refractivity contribution is 9.10. The van der Waals surface area contributed by atoms with Gasteiger partial charge in [0.15, 0.2) is 11.5 Å². The normalized spacial score (nSPS) is 10.4. The lowest BCUT2D eigenvalue weighted by molar-refractivity contribution is 0.351. The van der Waals surface area contributed by atoms with Crippen LogP contribution in [0.2, 0.25) is 0 Å². The van der Waals surface area contributed by atoms with Crippen molar-refractivity contribution in [3.05, 3.63) is 32.8 Å². The summed E-state index contributed by atoms with van der Waals surface area (Å²) in [6.45, 7) is 2.37. The third-order valence-electron chi connectivity index (χ3n) is 2.85. The van der Waals surface area contributed by atoms with Gasteiger partial charge >= 0.3 is 0 Å². The van der Waals surface area contributed by atoms with Crippen molar-refractivity contribution < 1.29 is 9.47 Å². The predicted molar refractivity (Wildman–Crippen MR) is 82.5 cm³/mol. The maximum atomic E-state index is 5.42. The number of hydrogen-bond acceptors (Lipinski definition) is 5. The molecule has 8 heteroatoms. The highest BCUT2D eigenvalue weighted by Gasteiger charge is 2.14. The monoisotopic (exact) mass is 358 g/mol. The van der Waals surface area contributed by atoms with E-state index in [1.807, 2.05) is 19.1 Å². The number of nitrogens with zero attached hydrogens (tertiary/aromatic N) is 2. The number of nitrogens with one attached hydrogen (secondary N) is 2. The third kappa shape index (κ3) is 2.80. The molecule has 1 aromatic carbocycles. The van der Waals surface area contributed by atoms with Gasteiger partial charge in [0.1, 0.15) is 5.82 Å². The van der Waals surface area contributed by atoms with E-state index in [9.17, 15) is 0 Å². The molecule has 0 spiro atoms. The maximum Gasteiger partial charge on any atom is 0.214 e. The first-order chi connectivity index (χ1) is 9.58. The molecule has 0 saturated heterocycles. The first-order valence-corrected chi connectivity index (χ1v) is 7.05. The van der Waals surface area contributed by atoms with E-state index in [4.69, 9.17) is 21.7 Å². The lowest BCUT2D eigenvalue weighted by Crippen LogP contribution is -2.17. The number of aryl methyl sites for hydroxylation is 1. The Balaban J connectivity index is 2.32. The number of methoxy groups -OCH3 is 2. The number of aromatic amines is 1. The molecule has 108 valence electrons. The van der Waals surface area contributed by atoms with E-state index in [2.05, 4.69) is 31.6 Å². The molecule has 2 aromatic rings. The van der Waals surface area contributed by atoms with Crippen LogP contribution in [0.3, 0.4) is 0 Å². The minimum absolute atomic E-state index is 0.510. The molecule has 1 heterocycles. The molecule has 6 nitrogen and oxygen atoms in total. The molecule has 0 bridgehead atoms. The van der Waals surface area contributed by atoms with Crippen LogP contribution < -0.4 is 14.9 Å². The highest BCUT2D eigenvalue weighted by atomic mass is 79.9. The van der Waals surface area contributed by atoms with Crippen molar-refractivity contribution in [3.63, 3.8) is 0 Å². The fourth-order valence-corrected chi connectivity index (χ4v) is 2.55. The summed E-state index contributed by atoms with van der Waals surface area (Å²) in [4.78, 5) is 0. The summed E-state index contributed by atoms with van der Waals surface area (Å²) in [7, 11) is 3.22. The van der Waals surface area contributed by atoms with E-state index < -0.39 is 0 Å². The van der Waals surface area contributed by atoms with E-state index in [-0.39, 0.29) is 0 Å². The van der Waals surface area contributed by atoms with Gasteiger partial charge in [-0.05, 0) is 31.3 Å². The number of rotatable bonds is 5. The molecule has 0 saturated carbocycles. The Morgan fingerprint density at radius 3 is 2.70 bits per heavy atom. The largest absolute Gasteiger partial charge is 0.493 e. The Labute approximate surface area is 130 Å². The van der Waals surface area contributed by atoms with Gasteiger partial charge in [0.25, 0.3) is 0 Å². The van der Waals surface area contributed by atoms with Crippen LogP contribution in [0, 0.1) is 11.7 Å². The summed E-state index contributed by atoms with van der Waals surface area (Å²) < 4.78 is 13.9. The van der Waals surface area contributed by atoms with Crippen molar-refractivity contribution in [2.24, 2.45) is 0 Å². The molecule has 0 amide bonds. The minimum Gasteiger partial charge on any atom is -0.493 e. The van der Waals surface area contributed by atoms with E-state index in [0.717, 1.165) is 15.9 Å². The van der Waals surface area contributed by atoms with Gasteiger partial charge in [0, 0.05) is 10.0 Å². The van der Waals surface area contributed by atoms with E-state index >= 15 is 0 Å². The number of aromatic nitrogens is 3. The Morgan fingerprint density at radius 2 is 2.15 bits per heavy atom. The Bertz CT molecular complexity index is 668. The average Bonchev–Trinajstić information content (AvgIpc) is 2.76. The number of H-pyrrole nitrogens is 1. The van der Waals surface area contributed by atoms with Gasteiger partial charge in [-0.1, -0.05) is 15.9 Å². The molecule has 0 fully saturated rings. The van der Waals surface area contributed by atoms with Crippen molar-refractivity contribution >= 4 is 28.1 Å². The van der Waals surface area contributed by atoms with Gasteiger partial charge in [0.2, 0.25) is 4.77 Å². The molecular weight excluding hydrogens is 344 g/mol. The van der Waals surface area contributed by atoms with Crippen LogP contribution in [0.4, 0.5) is 0 Å². The van der Waals surface area contributed by atoms with Crippen LogP contribution in [0.5, 0.6) is 11.5 Å². The quantitative estimate of drug-likeness (QED) is 0.804. The summed E-state index contributed by atoms with van der Waals surface area (Å²) in [6.07, 6.45) is 0. The summed E-state index contributed by atoms with van der Waals surface area (Å²) in [6, 6.07) is 3.76. The topological polar surface area (TPSA) is 64.1 Å². The summed E-state index contributed by atoms with van der Waals surface area (Å²) >= 11 is 8.66. The summed E-state index contributed by atoms with van der Waals surface area (Å²) in [5.74, 6) is 2.12. The van der Waals surface area contributed by atoms with Crippen molar-refractivity contribution in [1.29, 1.82) is 0 Å². The molecule has 0 aliphatic carbocycles. The average molecular weight is 359 g/mol. The van der Waals surface area contributed by atoms with Gasteiger partial charge in [-0.2, -0.15) is 5.10 Å². The van der Waals surface area contributed by atoms with Gasteiger partial charge in [-0.15, -0.1) is 0 Å². The molecule has 0 aliphatic rings. The lowest BCUT2D eigenvalue weighted by atomic mass is 10.2. The number of ether oxygens (including phenoxy) is 2. The van der Waals surface area contributed by atoms with E-state index in [0.29, 0.717) is 22.8 Å². The number of benzene rings is 1. The predicted octanol–water partition coefficient (Wildman–Crippen LogP) is 2.77. The van der Waals surface area contributed by atoms with Crippen LogP contribution in [0.15, 0.2) is 16.6 Å². The smallest absolute Gasteiger partial charge is 0.214 e.